The molecule has 0 bridgehead atoms. The van der Waals surface area contributed by atoms with Crippen LogP contribution in [0.5, 0.6) is 0 Å². The minimum Gasteiger partial charge on any atom is -0.400 e. The first-order chi connectivity index (χ1) is 13.1. The van der Waals surface area contributed by atoms with Crippen LogP contribution in [0.2, 0.25) is 0 Å². The van der Waals surface area contributed by atoms with E-state index in [4.69, 9.17) is 16.3 Å². The highest BCUT2D eigenvalue weighted by atomic mass is 32.1. The molecule has 140 valence electrons. The largest absolute Gasteiger partial charge is 0.400 e. The number of nitrogens with two attached hydrogens (primary N) is 2. The van der Waals surface area contributed by atoms with E-state index in [1.54, 1.807) is 28.9 Å². The van der Waals surface area contributed by atoms with E-state index < -0.39 is 0 Å². The molecule has 0 amide bonds. The van der Waals surface area contributed by atoms with Gasteiger partial charge < -0.3 is 15.8 Å². The minimum absolute atomic E-state index is 0.0935. The fourth-order valence-corrected chi connectivity index (χ4v) is 3.63. The minimum atomic E-state index is 0.0935. The van der Waals surface area contributed by atoms with Crippen molar-refractivity contribution in [3.8, 4) is 0 Å². The smallest absolute Gasteiger partial charge is 0.138 e. The molecule has 3 aromatic rings. The third-order valence-electron chi connectivity index (χ3n) is 4.70. The number of hydrazine groups is 1. The van der Waals surface area contributed by atoms with Crippen molar-refractivity contribution >= 4 is 33.1 Å². The summed E-state index contributed by atoms with van der Waals surface area (Å²) in [7, 11) is 0. The molecule has 1 aliphatic rings. The number of anilines is 2. The van der Waals surface area contributed by atoms with Crippen LogP contribution >= 0.6 is 11.3 Å². The van der Waals surface area contributed by atoms with Gasteiger partial charge in [-0.1, -0.05) is 12.1 Å². The number of hydrogen-bond donors (Lipinski definition) is 3. The van der Waals surface area contributed by atoms with Gasteiger partial charge in [0.15, 0.2) is 0 Å². The van der Waals surface area contributed by atoms with Crippen LogP contribution in [0.4, 0.5) is 11.5 Å². The number of ether oxygens (including phenoxy) is 1. The highest BCUT2D eigenvalue weighted by molar-refractivity contribution is 7.16. The Labute approximate surface area is 161 Å². The van der Waals surface area contributed by atoms with E-state index in [-0.39, 0.29) is 12.0 Å². The molecule has 1 atom stereocenters. The summed E-state index contributed by atoms with van der Waals surface area (Å²) in [4.78, 5) is 9.64. The van der Waals surface area contributed by atoms with Crippen LogP contribution in [0.3, 0.4) is 0 Å². The van der Waals surface area contributed by atoms with Crippen LogP contribution in [0.25, 0.3) is 10.2 Å². The van der Waals surface area contributed by atoms with Gasteiger partial charge in [-0.3, -0.25) is 5.01 Å². The summed E-state index contributed by atoms with van der Waals surface area (Å²) in [6.45, 7) is 3.43. The lowest BCUT2D eigenvalue weighted by atomic mass is 10.1. The molecule has 0 saturated carbocycles. The lowest BCUT2D eigenvalue weighted by Gasteiger charge is -2.27. The molecule has 0 spiro atoms. The third-order valence-corrected chi connectivity index (χ3v) is 5.52. The van der Waals surface area contributed by atoms with Crippen molar-refractivity contribution in [2.45, 2.75) is 13.0 Å². The van der Waals surface area contributed by atoms with Gasteiger partial charge in [0.05, 0.1) is 24.3 Å². The van der Waals surface area contributed by atoms with Gasteiger partial charge in [-0.15, -0.1) is 11.3 Å². The van der Waals surface area contributed by atoms with Crippen molar-refractivity contribution < 1.29 is 4.74 Å². The van der Waals surface area contributed by atoms with E-state index in [1.807, 2.05) is 23.6 Å². The van der Waals surface area contributed by atoms with Gasteiger partial charge in [0, 0.05) is 23.9 Å². The van der Waals surface area contributed by atoms with Crippen LogP contribution < -0.4 is 21.9 Å². The number of fused-ring (bicyclic) bond motifs is 1. The van der Waals surface area contributed by atoms with Crippen LogP contribution in [0.15, 0.2) is 53.9 Å². The van der Waals surface area contributed by atoms with Crippen molar-refractivity contribution in [1.82, 2.24) is 9.97 Å². The molecule has 27 heavy (non-hydrogen) atoms. The van der Waals surface area contributed by atoms with Crippen LogP contribution in [0, 0.1) is 5.92 Å². The van der Waals surface area contributed by atoms with Gasteiger partial charge in [0.1, 0.15) is 17.0 Å². The molecule has 2 aromatic heterocycles. The maximum absolute atomic E-state index is 6.12. The Morgan fingerprint density at radius 1 is 1.30 bits per heavy atom. The lowest BCUT2D eigenvalue weighted by Crippen LogP contribution is -2.35. The number of aromatic nitrogens is 2. The standard InChI is InChI=1S/C19H22N6OS/c1-12(24-18-16-6-7-27-19(16)23-11-22-18)13-2-4-15(5-3-13)25(21)8-17(20)14-9-26-10-14/h2-8,11-12,14H,9-10,20-21H2,1H3,(H,22,23,24)/b17-8-. The zero-order valence-electron chi connectivity index (χ0n) is 15.0. The van der Waals surface area contributed by atoms with E-state index in [2.05, 4.69) is 34.3 Å². The summed E-state index contributed by atoms with van der Waals surface area (Å²) in [6, 6.07) is 10.2. The number of thiophene rings is 1. The normalized spacial score (nSPS) is 16.1. The summed E-state index contributed by atoms with van der Waals surface area (Å²) in [5.74, 6) is 7.23. The molecule has 1 aliphatic heterocycles. The number of rotatable bonds is 6. The first-order valence-corrected chi connectivity index (χ1v) is 9.63. The Morgan fingerprint density at radius 3 is 2.78 bits per heavy atom. The van der Waals surface area contributed by atoms with Gasteiger partial charge in [-0.05, 0) is 36.1 Å². The van der Waals surface area contributed by atoms with Crippen molar-refractivity contribution in [2.24, 2.45) is 17.5 Å². The van der Waals surface area contributed by atoms with E-state index in [1.165, 1.54) is 0 Å². The third kappa shape index (κ3) is 3.73. The first-order valence-electron chi connectivity index (χ1n) is 8.75. The summed E-state index contributed by atoms with van der Waals surface area (Å²) in [5.41, 5.74) is 8.81. The van der Waals surface area contributed by atoms with Crippen LogP contribution in [-0.2, 0) is 4.74 Å². The van der Waals surface area contributed by atoms with Gasteiger partial charge >= 0.3 is 0 Å². The summed E-state index contributed by atoms with van der Waals surface area (Å²) >= 11 is 1.61. The highest BCUT2D eigenvalue weighted by Crippen LogP contribution is 2.27. The van der Waals surface area contributed by atoms with Crippen molar-refractivity contribution in [3.63, 3.8) is 0 Å². The monoisotopic (exact) mass is 382 g/mol. The fraction of sp³-hybridized carbons (Fsp3) is 0.263. The maximum Gasteiger partial charge on any atom is 0.138 e. The average Bonchev–Trinajstić information content (AvgIpc) is 3.10. The molecular weight excluding hydrogens is 360 g/mol. The Hall–Kier alpha value is -2.68. The second kappa shape index (κ2) is 7.51. The van der Waals surface area contributed by atoms with Gasteiger partial charge in [0.2, 0.25) is 0 Å². The highest BCUT2D eigenvalue weighted by Gasteiger charge is 2.21. The zero-order chi connectivity index (χ0) is 18.8. The summed E-state index contributed by atoms with van der Waals surface area (Å²) < 4.78 is 5.16. The molecule has 0 radical (unpaired) electrons. The van der Waals surface area contributed by atoms with Crippen molar-refractivity contribution in [3.05, 3.63) is 59.5 Å². The lowest BCUT2D eigenvalue weighted by molar-refractivity contribution is -0.0140. The average molecular weight is 382 g/mol. The summed E-state index contributed by atoms with van der Waals surface area (Å²) in [5, 5.41) is 8.08. The Bertz CT molecular complexity index is 950. The van der Waals surface area contributed by atoms with E-state index in [0.717, 1.165) is 33.0 Å². The number of benzene rings is 1. The molecule has 1 saturated heterocycles. The molecule has 5 N–H and O–H groups in total. The second-order valence-corrected chi connectivity index (χ2v) is 7.48. The fourth-order valence-electron chi connectivity index (χ4n) is 2.90. The summed E-state index contributed by atoms with van der Waals surface area (Å²) in [6.07, 6.45) is 3.35. The van der Waals surface area contributed by atoms with Gasteiger partial charge in [-0.2, -0.15) is 0 Å². The Kier molecular flexibility index (Phi) is 4.93. The van der Waals surface area contributed by atoms with Gasteiger partial charge in [0.25, 0.3) is 0 Å². The topological polar surface area (TPSA) is 102 Å². The van der Waals surface area contributed by atoms with Crippen LogP contribution in [0.1, 0.15) is 18.5 Å². The molecular formula is C19H22N6OS. The molecule has 4 rings (SSSR count). The second-order valence-electron chi connectivity index (χ2n) is 6.59. The maximum atomic E-state index is 6.12. The molecule has 3 heterocycles. The van der Waals surface area contributed by atoms with Crippen molar-refractivity contribution in [2.75, 3.05) is 23.5 Å². The zero-order valence-corrected chi connectivity index (χ0v) is 15.8. The molecule has 8 heteroatoms. The van der Waals surface area contributed by atoms with Crippen molar-refractivity contribution in [1.29, 1.82) is 0 Å². The molecule has 7 nitrogen and oxygen atoms in total. The predicted molar refractivity (Wildman–Crippen MR) is 109 cm³/mol. The Balaban J connectivity index is 1.46. The first kappa shape index (κ1) is 17.7. The molecule has 1 aromatic carbocycles. The van der Waals surface area contributed by atoms with Crippen LogP contribution in [-0.4, -0.2) is 23.2 Å². The Morgan fingerprint density at radius 2 is 2.07 bits per heavy atom. The quantitative estimate of drug-likeness (QED) is 0.445. The van der Waals surface area contributed by atoms with Gasteiger partial charge in [-0.25, -0.2) is 15.8 Å². The number of nitrogens with one attached hydrogen (secondary N) is 1. The predicted octanol–water partition coefficient (Wildman–Crippen LogP) is 2.99. The SMILES string of the molecule is CC(Nc1ncnc2sccc12)c1ccc(N(N)/C=C(\N)C2COC2)cc1. The van der Waals surface area contributed by atoms with E-state index in [0.29, 0.717) is 13.2 Å². The molecule has 1 unspecified atom stereocenters. The number of nitrogens with zero attached hydrogens (tertiary/aromatic N) is 3. The van der Waals surface area contributed by atoms with E-state index >= 15 is 0 Å². The van der Waals surface area contributed by atoms with E-state index in [9.17, 15) is 0 Å². The number of hydrogen-bond acceptors (Lipinski definition) is 8. The molecule has 0 aliphatic carbocycles. The molecule has 1 fully saturated rings.